The fraction of sp³-hybridized carbons (Fsp3) is 0.364. The normalized spacial score (nSPS) is 11.9. The van der Waals surface area contributed by atoms with Gasteiger partial charge in [0, 0.05) is 17.2 Å². The van der Waals surface area contributed by atoms with Gasteiger partial charge in [-0.25, -0.2) is 9.78 Å². The summed E-state index contributed by atoms with van der Waals surface area (Å²) in [5.74, 6) is -1.13. The van der Waals surface area contributed by atoms with Gasteiger partial charge in [-0.2, -0.15) is 5.26 Å². The van der Waals surface area contributed by atoms with Crippen LogP contribution in [-0.2, 0) is 14.3 Å². The van der Waals surface area contributed by atoms with Crippen LogP contribution in [0, 0.1) is 24.2 Å². The first kappa shape index (κ1) is 24.4. The van der Waals surface area contributed by atoms with Gasteiger partial charge in [0.15, 0.2) is 29.8 Å². The van der Waals surface area contributed by atoms with Crippen molar-refractivity contribution in [1.82, 2.24) is 4.98 Å². The summed E-state index contributed by atoms with van der Waals surface area (Å²) in [7, 11) is 1.50. The highest BCUT2D eigenvalue weighted by molar-refractivity contribution is 7.09. The maximum atomic E-state index is 12.2. The van der Waals surface area contributed by atoms with E-state index in [-0.39, 0.29) is 0 Å². The Morgan fingerprint density at radius 1 is 1.35 bits per heavy atom. The number of ether oxygens (including phenoxy) is 3. The Morgan fingerprint density at radius 3 is 2.68 bits per heavy atom. The van der Waals surface area contributed by atoms with Crippen LogP contribution in [-0.4, -0.2) is 37.1 Å². The van der Waals surface area contributed by atoms with E-state index in [4.69, 9.17) is 25.8 Å². The lowest BCUT2D eigenvalue weighted by molar-refractivity contribution is -0.143. The summed E-state index contributed by atoms with van der Waals surface area (Å²) in [6, 6.07) is 5.21. The second-order valence-electron chi connectivity index (χ2n) is 7.04. The lowest BCUT2D eigenvalue weighted by Crippen LogP contribution is -2.19. The molecule has 0 aliphatic carbocycles. The van der Waals surface area contributed by atoms with Crippen LogP contribution in [0.3, 0.4) is 0 Å². The Kier molecular flexibility index (Phi) is 9.03. The zero-order valence-corrected chi connectivity index (χ0v) is 19.2. The van der Waals surface area contributed by atoms with Crippen LogP contribution in [0.5, 0.6) is 11.5 Å². The van der Waals surface area contributed by atoms with Crippen LogP contribution in [0.4, 0.5) is 0 Å². The van der Waals surface area contributed by atoms with Crippen molar-refractivity contribution in [2.24, 2.45) is 5.92 Å². The average Bonchev–Trinajstić information content (AvgIpc) is 3.15. The zero-order valence-electron chi connectivity index (χ0n) is 17.7. The SMILES string of the molecule is COc1cc(/C=C/C(=O)OCC(=O)C(C#N)c2nc(C)cs2)cc(Cl)c1OCC(C)C. The highest BCUT2D eigenvalue weighted by Crippen LogP contribution is 2.37. The van der Waals surface area contributed by atoms with E-state index in [1.807, 2.05) is 19.9 Å². The maximum Gasteiger partial charge on any atom is 0.331 e. The number of nitrogens with zero attached hydrogens (tertiary/aromatic N) is 2. The number of ketones is 1. The van der Waals surface area contributed by atoms with Gasteiger partial charge < -0.3 is 14.2 Å². The van der Waals surface area contributed by atoms with Crippen LogP contribution in [0.25, 0.3) is 6.08 Å². The molecule has 2 rings (SSSR count). The third kappa shape index (κ3) is 7.09. The number of carbonyl (C=O) groups is 2. The van der Waals surface area contributed by atoms with Gasteiger partial charge in [0.25, 0.3) is 0 Å². The summed E-state index contributed by atoms with van der Waals surface area (Å²) in [6.45, 7) is 5.77. The van der Waals surface area contributed by atoms with Crippen molar-refractivity contribution >= 4 is 40.8 Å². The molecule has 0 N–H and O–H groups in total. The van der Waals surface area contributed by atoms with Crippen LogP contribution < -0.4 is 9.47 Å². The quantitative estimate of drug-likeness (QED) is 0.376. The first-order valence-corrected chi connectivity index (χ1v) is 10.7. The lowest BCUT2D eigenvalue weighted by Gasteiger charge is -2.14. The molecule has 1 atom stereocenters. The molecule has 2 aromatic rings. The van der Waals surface area contributed by atoms with Gasteiger partial charge in [0.2, 0.25) is 0 Å². The fourth-order valence-corrected chi connectivity index (χ4v) is 3.57. The minimum atomic E-state index is -1.06. The molecule has 31 heavy (non-hydrogen) atoms. The molecule has 164 valence electrons. The van der Waals surface area contributed by atoms with Gasteiger partial charge in [0.05, 0.1) is 24.8 Å². The predicted octanol–water partition coefficient (Wildman–Crippen LogP) is 4.58. The van der Waals surface area contributed by atoms with Crippen molar-refractivity contribution in [2.45, 2.75) is 26.7 Å². The monoisotopic (exact) mass is 462 g/mol. The Hall–Kier alpha value is -2.89. The Morgan fingerprint density at radius 2 is 2.10 bits per heavy atom. The summed E-state index contributed by atoms with van der Waals surface area (Å²) in [5.41, 5.74) is 1.32. The molecule has 0 amide bonds. The van der Waals surface area contributed by atoms with Gasteiger partial charge in [-0.05, 0) is 36.6 Å². The number of carbonyl (C=O) groups excluding carboxylic acids is 2. The smallest absolute Gasteiger partial charge is 0.331 e. The van der Waals surface area contributed by atoms with Crippen LogP contribution in [0.15, 0.2) is 23.6 Å². The minimum absolute atomic E-state index is 0.318. The molecule has 1 aromatic carbocycles. The van der Waals surface area contributed by atoms with Crippen LogP contribution in [0.2, 0.25) is 5.02 Å². The number of Topliss-reactive ketones (excluding diaryl/α,β-unsaturated/α-hetero) is 1. The molecule has 0 aliphatic rings. The summed E-state index contributed by atoms with van der Waals surface area (Å²) in [6.07, 6.45) is 2.65. The Balaban J connectivity index is 2.00. The number of aryl methyl sites for hydroxylation is 1. The topological polar surface area (TPSA) is 98.5 Å². The summed E-state index contributed by atoms with van der Waals surface area (Å²) in [4.78, 5) is 28.4. The van der Waals surface area contributed by atoms with Crippen molar-refractivity contribution in [2.75, 3.05) is 20.3 Å². The van der Waals surface area contributed by atoms with E-state index < -0.39 is 24.3 Å². The van der Waals surface area contributed by atoms with Gasteiger partial charge in [-0.3, -0.25) is 4.79 Å². The summed E-state index contributed by atoms with van der Waals surface area (Å²) < 4.78 is 16.0. The maximum absolute atomic E-state index is 12.2. The van der Waals surface area contributed by atoms with Crippen LogP contribution in [0.1, 0.15) is 36.0 Å². The number of hydrogen-bond acceptors (Lipinski definition) is 8. The van der Waals surface area contributed by atoms with E-state index in [1.54, 1.807) is 24.4 Å². The molecule has 0 fully saturated rings. The largest absolute Gasteiger partial charge is 0.493 e. The van der Waals surface area contributed by atoms with E-state index in [2.05, 4.69) is 4.98 Å². The number of hydrogen-bond donors (Lipinski definition) is 0. The molecule has 0 saturated heterocycles. The van der Waals surface area contributed by atoms with Crippen molar-refractivity contribution in [3.05, 3.63) is 44.9 Å². The van der Waals surface area contributed by atoms with E-state index in [0.717, 1.165) is 5.69 Å². The van der Waals surface area contributed by atoms with E-state index >= 15 is 0 Å². The van der Waals surface area contributed by atoms with Crippen LogP contribution >= 0.6 is 22.9 Å². The summed E-state index contributed by atoms with van der Waals surface area (Å²) >= 11 is 7.51. The number of thiazole rings is 1. The predicted molar refractivity (Wildman–Crippen MR) is 119 cm³/mol. The number of esters is 1. The zero-order chi connectivity index (χ0) is 23.0. The van der Waals surface area contributed by atoms with Crippen molar-refractivity contribution in [3.63, 3.8) is 0 Å². The molecule has 0 radical (unpaired) electrons. The minimum Gasteiger partial charge on any atom is -0.493 e. The highest BCUT2D eigenvalue weighted by Gasteiger charge is 2.24. The molecule has 1 unspecified atom stereocenters. The number of halogens is 1. The molecule has 1 aromatic heterocycles. The molecule has 0 spiro atoms. The van der Waals surface area contributed by atoms with Gasteiger partial charge in [-0.1, -0.05) is 25.4 Å². The Bertz CT molecular complexity index is 1010. The molecule has 0 saturated carbocycles. The van der Waals surface area contributed by atoms with Gasteiger partial charge in [-0.15, -0.1) is 11.3 Å². The van der Waals surface area contributed by atoms with E-state index in [0.29, 0.717) is 39.6 Å². The average molecular weight is 463 g/mol. The number of nitriles is 1. The Labute approximate surface area is 190 Å². The molecular weight excluding hydrogens is 440 g/mol. The van der Waals surface area contributed by atoms with E-state index in [1.165, 1.54) is 30.6 Å². The van der Waals surface area contributed by atoms with Gasteiger partial charge in [0.1, 0.15) is 5.01 Å². The standard InChI is InChI=1S/C22H23ClN2O5S/c1-13(2)10-30-21-17(23)7-15(8-19(21)28-4)5-6-20(27)29-11-18(26)16(9-24)22-25-14(3)12-31-22/h5-8,12-13,16H,10-11H2,1-4H3/b6-5+. The van der Waals surface area contributed by atoms with Gasteiger partial charge >= 0.3 is 5.97 Å². The fourth-order valence-electron chi connectivity index (χ4n) is 2.43. The third-order valence-electron chi connectivity index (χ3n) is 3.92. The third-order valence-corrected chi connectivity index (χ3v) is 5.22. The molecule has 0 bridgehead atoms. The summed E-state index contributed by atoms with van der Waals surface area (Å²) in [5, 5.41) is 11.7. The number of methoxy groups -OCH3 is 1. The van der Waals surface area contributed by atoms with Crippen molar-refractivity contribution in [1.29, 1.82) is 5.26 Å². The molecule has 1 heterocycles. The first-order chi connectivity index (χ1) is 14.7. The molecule has 9 heteroatoms. The molecular formula is C22H23ClN2O5S. The number of rotatable bonds is 10. The highest BCUT2D eigenvalue weighted by atomic mass is 35.5. The first-order valence-electron chi connectivity index (χ1n) is 9.44. The van der Waals surface area contributed by atoms with Crippen molar-refractivity contribution in [3.8, 4) is 17.6 Å². The molecule has 0 aliphatic heterocycles. The number of aromatic nitrogens is 1. The second kappa shape index (κ2) is 11.5. The van der Waals surface area contributed by atoms with Crippen molar-refractivity contribution < 1.29 is 23.8 Å². The second-order valence-corrected chi connectivity index (χ2v) is 8.33. The van der Waals surface area contributed by atoms with E-state index in [9.17, 15) is 14.9 Å². The lowest BCUT2D eigenvalue weighted by atomic mass is 10.1. The molecule has 7 nitrogen and oxygen atoms in total. The number of benzene rings is 1.